The number of nitrogens with one attached hydrogen (secondary N) is 1. The van der Waals surface area contributed by atoms with Crippen LogP contribution in [0.25, 0.3) is 0 Å². The summed E-state index contributed by atoms with van der Waals surface area (Å²) in [5.74, 6) is -2.57. The van der Waals surface area contributed by atoms with Gasteiger partial charge in [-0.25, -0.2) is 4.79 Å². The summed E-state index contributed by atoms with van der Waals surface area (Å²) in [6.07, 6.45) is -17.8. The van der Waals surface area contributed by atoms with Crippen molar-refractivity contribution in [1.29, 1.82) is 0 Å². The van der Waals surface area contributed by atoms with Crippen molar-refractivity contribution in [2.75, 3.05) is 13.2 Å². The Balaban J connectivity index is 1.74. The lowest BCUT2D eigenvalue weighted by molar-refractivity contribution is -0.322. The first-order valence-electron chi connectivity index (χ1n) is 11.1. The molecular formula is C20H33NO14. The number of carboxylic acids is 1. The Hall–Kier alpha value is -1.31. The first-order valence-corrected chi connectivity index (χ1v) is 11.1. The Kier molecular flexibility index (Phi) is 9.20. The minimum atomic E-state index is -1.96. The van der Waals surface area contributed by atoms with Crippen molar-refractivity contribution < 1.29 is 70.4 Å². The normalized spacial score (nSPS) is 48.9. The number of ether oxygens (including phenoxy) is 2. The molecule has 1 saturated carbocycles. The van der Waals surface area contributed by atoms with Crippen LogP contribution in [0.15, 0.2) is 11.6 Å². The van der Waals surface area contributed by atoms with Crippen LogP contribution in [-0.4, -0.2) is 155 Å². The predicted molar refractivity (Wildman–Crippen MR) is 110 cm³/mol. The van der Waals surface area contributed by atoms with E-state index in [0.717, 1.165) is 0 Å². The molecule has 0 bridgehead atoms. The molecule has 0 aromatic rings. The monoisotopic (exact) mass is 511 g/mol. The van der Waals surface area contributed by atoms with Crippen LogP contribution in [0.2, 0.25) is 0 Å². The average molecular weight is 511 g/mol. The van der Waals surface area contributed by atoms with Crippen LogP contribution < -0.4 is 5.32 Å². The topological polar surface area (TPSA) is 270 Å². The highest BCUT2D eigenvalue weighted by atomic mass is 16.7. The Morgan fingerprint density at radius 1 is 0.914 bits per heavy atom. The molecule has 35 heavy (non-hydrogen) atoms. The fourth-order valence-electron chi connectivity index (χ4n) is 4.75. The lowest BCUT2D eigenvalue weighted by Gasteiger charge is -2.47. The van der Waals surface area contributed by atoms with Crippen molar-refractivity contribution in [2.45, 2.75) is 85.8 Å². The van der Waals surface area contributed by atoms with Crippen LogP contribution in [0.5, 0.6) is 0 Å². The molecule has 0 spiro atoms. The molecule has 12 N–H and O–H groups in total. The molecule has 1 saturated heterocycles. The summed E-state index contributed by atoms with van der Waals surface area (Å²) in [7, 11) is 0. The summed E-state index contributed by atoms with van der Waals surface area (Å²) < 4.78 is 10.5. The van der Waals surface area contributed by atoms with Gasteiger partial charge < -0.3 is 71.0 Å². The van der Waals surface area contributed by atoms with E-state index in [2.05, 4.69) is 5.32 Å². The molecule has 14 unspecified atom stereocenters. The average Bonchev–Trinajstić information content (AvgIpc) is 2.83. The number of aliphatic hydroxyl groups excluding tert-OH is 10. The molecule has 2 aliphatic carbocycles. The van der Waals surface area contributed by atoms with Gasteiger partial charge in [0.25, 0.3) is 0 Å². The zero-order valence-electron chi connectivity index (χ0n) is 18.4. The largest absolute Gasteiger partial charge is 0.479 e. The van der Waals surface area contributed by atoms with Crippen molar-refractivity contribution in [2.24, 2.45) is 5.92 Å². The number of aliphatic carboxylic acids is 1. The van der Waals surface area contributed by atoms with Crippen LogP contribution in [0, 0.1) is 5.92 Å². The standard InChI is InChI=1S/C20H33NO14/c22-3-5-1-7(10(25)12(27)9(5)24)21-8-2-6(4-23)17(14(29)11(8)26)34-20-16(31)13(28)15(30)18(35-20)19(32)33/h1,6-18,20-31H,2-4H2,(H,32,33). The number of carbonyl (C=O) groups is 1. The molecule has 3 rings (SSSR count). The molecule has 0 amide bonds. The van der Waals surface area contributed by atoms with Gasteiger partial charge in [0, 0.05) is 18.6 Å². The predicted octanol–water partition coefficient (Wildman–Crippen LogP) is -6.66. The first kappa shape index (κ1) is 28.3. The molecule has 202 valence electrons. The maximum atomic E-state index is 11.3. The van der Waals surface area contributed by atoms with E-state index in [9.17, 15) is 55.9 Å². The highest BCUT2D eigenvalue weighted by Crippen LogP contribution is 2.33. The highest BCUT2D eigenvalue weighted by Gasteiger charge is 2.52. The minimum absolute atomic E-state index is 0.0308. The summed E-state index contributed by atoms with van der Waals surface area (Å²) in [6, 6.07) is -2.03. The Bertz CT molecular complexity index is 766. The van der Waals surface area contributed by atoms with Crippen LogP contribution in [0.1, 0.15) is 6.42 Å². The van der Waals surface area contributed by atoms with Gasteiger partial charge in [0.1, 0.15) is 42.7 Å². The summed E-state index contributed by atoms with van der Waals surface area (Å²) in [4.78, 5) is 11.3. The van der Waals surface area contributed by atoms with E-state index in [4.69, 9.17) is 14.6 Å². The maximum absolute atomic E-state index is 11.3. The van der Waals surface area contributed by atoms with E-state index in [-0.39, 0.29) is 12.0 Å². The molecule has 0 aromatic carbocycles. The molecule has 15 heteroatoms. The Labute approximate surface area is 199 Å². The number of aliphatic hydroxyl groups is 10. The van der Waals surface area contributed by atoms with Crippen LogP contribution in [0.3, 0.4) is 0 Å². The number of carboxylic acid groups (broad SMARTS) is 1. The van der Waals surface area contributed by atoms with Crippen molar-refractivity contribution >= 4 is 5.97 Å². The van der Waals surface area contributed by atoms with Crippen molar-refractivity contribution in [1.82, 2.24) is 5.32 Å². The van der Waals surface area contributed by atoms with E-state index in [1.807, 2.05) is 0 Å². The maximum Gasteiger partial charge on any atom is 0.335 e. The summed E-state index contributed by atoms with van der Waals surface area (Å²) in [6.45, 7) is -1.20. The number of hydrogen-bond acceptors (Lipinski definition) is 14. The van der Waals surface area contributed by atoms with E-state index in [1.54, 1.807) is 0 Å². The van der Waals surface area contributed by atoms with Gasteiger partial charge in [0.05, 0.1) is 24.9 Å². The fourth-order valence-corrected chi connectivity index (χ4v) is 4.75. The zero-order chi connectivity index (χ0) is 26.2. The van der Waals surface area contributed by atoms with Gasteiger partial charge in [-0.15, -0.1) is 0 Å². The summed E-state index contributed by atoms with van der Waals surface area (Å²) >= 11 is 0. The van der Waals surface area contributed by atoms with Gasteiger partial charge in [0.2, 0.25) is 0 Å². The molecule has 3 aliphatic rings. The fraction of sp³-hybridized carbons (Fsp3) is 0.850. The molecule has 15 nitrogen and oxygen atoms in total. The molecule has 0 radical (unpaired) electrons. The van der Waals surface area contributed by atoms with Crippen LogP contribution in [0.4, 0.5) is 0 Å². The SMILES string of the molecule is O=C(O)C1OC(OC2C(CO)CC(NC3C=C(CO)C(O)C(O)C3O)C(O)C2O)C(O)C(O)C1O. The van der Waals surface area contributed by atoms with Crippen molar-refractivity contribution in [3.8, 4) is 0 Å². The number of hydrogen-bond donors (Lipinski definition) is 12. The van der Waals surface area contributed by atoms with Gasteiger partial charge >= 0.3 is 5.97 Å². The lowest BCUT2D eigenvalue weighted by Crippen LogP contribution is -2.66. The molecule has 0 aromatic heterocycles. The minimum Gasteiger partial charge on any atom is -0.479 e. The van der Waals surface area contributed by atoms with Gasteiger partial charge in [-0.3, -0.25) is 0 Å². The third-order valence-corrected chi connectivity index (χ3v) is 6.86. The van der Waals surface area contributed by atoms with E-state index >= 15 is 0 Å². The third-order valence-electron chi connectivity index (χ3n) is 6.86. The zero-order valence-corrected chi connectivity index (χ0v) is 18.4. The summed E-state index contributed by atoms with van der Waals surface area (Å²) in [5.41, 5.74) is 0.0308. The second kappa shape index (κ2) is 11.4. The van der Waals surface area contributed by atoms with Gasteiger partial charge in [-0.05, 0) is 12.0 Å². The number of rotatable bonds is 7. The van der Waals surface area contributed by atoms with Crippen LogP contribution in [-0.2, 0) is 14.3 Å². The summed E-state index contributed by atoms with van der Waals surface area (Å²) in [5, 5.41) is 113. The second-order valence-electron chi connectivity index (χ2n) is 9.12. The third kappa shape index (κ3) is 5.52. The smallest absolute Gasteiger partial charge is 0.335 e. The highest BCUT2D eigenvalue weighted by molar-refractivity contribution is 5.73. The lowest BCUT2D eigenvalue weighted by atomic mass is 9.78. The van der Waals surface area contributed by atoms with Gasteiger partial charge in [-0.2, -0.15) is 0 Å². The van der Waals surface area contributed by atoms with Crippen LogP contribution >= 0.6 is 0 Å². The van der Waals surface area contributed by atoms with Gasteiger partial charge in [-0.1, -0.05) is 6.08 Å². The van der Waals surface area contributed by atoms with E-state index in [0.29, 0.717) is 0 Å². The Morgan fingerprint density at radius 3 is 2.14 bits per heavy atom. The first-order chi connectivity index (χ1) is 16.4. The second-order valence-corrected chi connectivity index (χ2v) is 9.12. The van der Waals surface area contributed by atoms with E-state index in [1.165, 1.54) is 6.08 Å². The molecular weight excluding hydrogens is 478 g/mol. The van der Waals surface area contributed by atoms with E-state index < -0.39 is 105 Å². The van der Waals surface area contributed by atoms with Crippen molar-refractivity contribution in [3.05, 3.63) is 11.6 Å². The molecule has 1 aliphatic heterocycles. The molecule has 2 fully saturated rings. The molecule has 14 atom stereocenters. The van der Waals surface area contributed by atoms with Crippen molar-refractivity contribution in [3.63, 3.8) is 0 Å². The Morgan fingerprint density at radius 2 is 1.57 bits per heavy atom. The quantitative estimate of drug-likeness (QED) is 0.142. The van der Waals surface area contributed by atoms with Gasteiger partial charge in [0.15, 0.2) is 12.4 Å². The molecule has 1 heterocycles.